The van der Waals surface area contributed by atoms with Gasteiger partial charge in [-0.1, -0.05) is 164 Å². The molecule has 0 aliphatic heterocycles. The van der Waals surface area contributed by atoms with Crippen molar-refractivity contribution in [3.05, 3.63) is 212 Å². The minimum absolute atomic E-state index is 0.538. The lowest BCUT2D eigenvalue weighted by atomic mass is 9.99. The SMILES string of the molecule is c1ccc(-c2ccc(-n3c4ccccc4c4ccc5c6ccccc6n(-c6nc(-c7ccccc7)nc(-c7ccc8oc9cccc(-c%10ccccc%10)c9c8c7)n6)c5c43)cc2)cc1. The van der Waals surface area contributed by atoms with E-state index in [0.29, 0.717) is 17.6 Å². The zero-order valence-corrected chi connectivity index (χ0v) is 33.9. The van der Waals surface area contributed by atoms with Crippen LogP contribution in [0.4, 0.5) is 0 Å². The average molecular weight is 806 g/mol. The lowest BCUT2D eigenvalue weighted by molar-refractivity contribution is 0.669. The topological polar surface area (TPSA) is 61.7 Å². The zero-order valence-electron chi connectivity index (χ0n) is 33.9. The number of para-hydroxylation sites is 2. The van der Waals surface area contributed by atoms with Crippen LogP contribution in [-0.2, 0) is 0 Å². The fraction of sp³-hybridized carbons (Fsp3) is 0. The van der Waals surface area contributed by atoms with Crippen molar-refractivity contribution in [2.75, 3.05) is 0 Å². The maximum Gasteiger partial charge on any atom is 0.238 e. The molecule has 13 rings (SSSR count). The van der Waals surface area contributed by atoms with E-state index in [4.69, 9.17) is 19.4 Å². The van der Waals surface area contributed by atoms with Gasteiger partial charge < -0.3 is 8.98 Å². The van der Waals surface area contributed by atoms with Gasteiger partial charge in [0.15, 0.2) is 11.6 Å². The minimum atomic E-state index is 0.538. The lowest BCUT2D eigenvalue weighted by Crippen LogP contribution is -2.07. The number of aromatic nitrogens is 5. The summed E-state index contributed by atoms with van der Waals surface area (Å²) in [7, 11) is 0. The van der Waals surface area contributed by atoms with Crippen LogP contribution < -0.4 is 0 Å². The molecule has 0 atom stereocenters. The van der Waals surface area contributed by atoms with Crippen molar-refractivity contribution in [2.24, 2.45) is 0 Å². The number of benzene rings is 9. The molecule has 0 aliphatic rings. The van der Waals surface area contributed by atoms with Crippen LogP contribution in [0.3, 0.4) is 0 Å². The van der Waals surface area contributed by atoms with Gasteiger partial charge >= 0.3 is 0 Å². The van der Waals surface area contributed by atoms with E-state index in [1.54, 1.807) is 0 Å². The number of rotatable bonds is 6. The maximum atomic E-state index is 6.46. The highest BCUT2D eigenvalue weighted by Crippen LogP contribution is 2.43. The first kappa shape index (κ1) is 35.2. The predicted molar refractivity (Wildman–Crippen MR) is 258 cm³/mol. The van der Waals surface area contributed by atoms with E-state index in [9.17, 15) is 0 Å². The van der Waals surface area contributed by atoms with Gasteiger partial charge in [0.25, 0.3) is 0 Å². The summed E-state index contributed by atoms with van der Waals surface area (Å²) in [5.41, 5.74) is 13.3. The molecule has 4 heterocycles. The predicted octanol–water partition coefficient (Wildman–Crippen LogP) is 14.6. The molecule has 13 aromatic rings. The van der Waals surface area contributed by atoms with Crippen molar-refractivity contribution in [3.8, 4) is 56.7 Å². The van der Waals surface area contributed by atoms with Gasteiger partial charge in [0, 0.05) is 49.1 Å². The maximum absolute atomic E-state index is 6.46. The smallest absolute Gasteiger partial charge is 0.238 e. The first-order valence-electron chi connectivity index (χ1n) is 21.2. The molecule has 6 nitrogen and oxygen atoms in total. The quantitative estimate of drug-likeness (QED) is 0.168. The van der Waals surface area contributed by atoms with Crippen molar-refractivity contribution in [3.63, 3.8) is 0 Å². The highest BCUT2D eigenvalue weighted by Gasteiger charge is 2.24. The van der Waals surface area contributed by atoms with Gasteiger partial charge in [0.2, 0.25) is 5.95 Å². The summed E-state index contributed by atoms with van der Waals surface area (Å²) >= 11 is 0. The fourth-order valence-corrected chi connectivity index (χ4v) is 9.54. The van der Waals surface area contributed by atoms with Crippen LogP contribution in [0.2, 0.25) is 0 Å². The Hall–Kier alpha value is -8.61. The van der Waals surface area contributed by atoms with E-state index < -0.39 is 0 Å². The Kier molecular flexibility index (Phi) is 7.80. The van der Waals surface area contributed by atoms with Crippen molar-refractivity contribution < 1.29 is 4.42 Å². The molecular formula is C57H35N5O. The second kappa shape index (κ2) is 14.0. The molecule has 0 fully saturated rings. The Morgan fingerprint density at radius 2 is 0.873 bits per heavy atom. The van der Waals surface area contributed by atoms with Gasteiger partial charge in [-0.3, -0.25) is 4.57 Å². The summed E-state index contributed by atoms with van der Waals surface area (Å²) < 4.78 is 11.1. The molecule has 0 unspecified atom stereocenters. The van der Waals surface area contributed by atoms with E-state index in [1.807, 2.05) is 36.4 Å². The van der Waals surface area contributed by atoms with Crippen molar-refractivity contribution in [1.29, 1.82) is 0 Å². The summed E-state index contributed by atoms with van der Waals surface area (Å²) in [5, 5.41) is 6.63. The molecule has 63 heavy (non-hydrogen) atoms. The van der Waals surface area contributed by atoms with Gasteiger partial charge in [-0.15, -0.1) is 0 Å². The van der Waals surface area contributed by atoms with Gasteiger partial charge in [-0.25, -0.2) is 4.98 Å². The summed E-state index contributed by atoms with van der Waals surface area (Å²) in [4.78, 5) is 16.0. The van der Waals surface area contributed by atoms with E-state index in [0.717, 1.165) is 88.1 Å². The van der Waals surface area contributed by atoms with Crippen LogP contribution in [0.25, 0.3) is 122 Å². The molecule has 6 heteroatoms. The van der Waals surface area contributed by atoms with Crippen LogP contribution in [0, 0.1) is 0 Å². The number of furan rings is 1. The van der Waals surface area contributed by atoms with Crippen LogP contribution in [0.1, 0.15) is 0 Å². The Morgan fingerprint density at radius 3 is 1.56 bits per heavy atom. The van der Waals surface area contributed by atoms with Crippen LogP contribution in [0.5, 0.6) is 0 Å². The monoisotopic (exact) mass is 805 g/mol. The van der Waals surface area contributed by atoms with Crippen LogP contribution in [0.15, 0.2) is 217 Å². The van der Waals surface area contributed by atoms with Gasteiger partial charge in [0.05, 0.1) is 22.1 Å². The Labute approximate surface area is 361 Å². The standard InChI is InChI=1S/C57H35N5O/c1-4-15-36(16-5-1)37-27-30-41(31-28-37)61-48-24-12-10-21-43(48)45-32-33-46-44-22-11-13-25-49(44)62(54(46)53(45)61)57-59-55(39-19-8-3-9-20-39)58-56(60-57)40-29-34-50-47(35-40)52-42(23-14-26-51(52)63-50)38-17-6-2-7-18-38/h1-35H. The molecule has 0 bridgehead atoms. The molecule has 0 aliphatic carbocycles. The molecule has 0 saturated heterocycles. The van der Waals surface area contributed by atoms with E-state index in [2.05, 4.69) is 185 Å². The van der Waals surface area contributed by atoms with Crippen molar-refractivity contribution in [1.82, 2.24) is 24.1 Å². The number of nitrogens with zero attached hydrogens (tertiary/aromatic N) is 5. The highest BCUT2D eigenvalue weighted by atomic mass is 16.3. The van der Waals surface area contributed by atoms with E-state index in [-0.39, 0.29) is 0 Å². The minimum Gasteiger partial charge on any atom is -0.456 e. The third-order valence-corrected chi connectivity index (χ3v) is 12.4. The summed E-state index contributed by atoms with van der Waals surface area (Å²) in [6, 6.07) is 74.4. The average Bonchev–Trinajstić information content (AvgIpc) is 4.02. The number of hydrogen-bond donors (Lipinski definition) is 0. The molecule has 0 amide bonds. The summed E-state index contributed by atoms with van der Waals surface area (Å²) in [5.74, 6) is 1.70. The number of hydrogen-bond acceptors (Lipinski definition) is 4. The molecular weight excluding hydrogens is 771 g/mol. The second-order valence-corrected chi connectivity index (χ2v) is 16.0. The second-order valence-electron chi connectivity index (χ2n) is 16.0. The zero-order chi connectivity index (χ0) is 41.4. The number of fused-ring (bicyclic) bond motifs is 10. The Bertz CT molecular complexity index is 3890. The van der Waals surface area contributed by atoms with Gasteiger partial charge in [-0.05, 0) is 70.8 Å². The molecule has 0 radical (unpaired) electrons. The summed E-state index contributed by atoms with van der Waals surface area (Å²) in [6.07, 6.45) is 0. The third-order valence-electron chi connectivity index (χ3n) is 12.4. The van der Waals surface area contributed by atoms with E-state index in [1.165, 1.54) is 16.5 Å². The molecule has 294 valence electrons. The van der Waals surface area contributed by atoms with Crippen molar-refractivity contribution in [2.45, 2.75) is 0 Å². The molecule has 0 saturated carbocycles. The van der Waals surface area contributed by atoms with Gasteiger partial charge in [0.1, 0.15) is 11.2 Å². The molecule has 0 N–H and O–H groups in total. The van der Waals surface area contributed by atoms with Crippen LogP contribution in [-0.4, -0.2) is 24.1 Å². The molecule has 9 aromatic carbocycles. The summed E-state index contributed by atoms with van der Waals surface area (Å²) in [6.45, 7) is 0. The van der Waals surface area contributed by atoms with E-state index >= 15 is 0 Å². The van der Waals surface area contributed by atoms with Crippen molar-refractivity contribution >= 4 is 65.6 Å². The third kappa shape index (κ3) is 5.55. The molecule has 0 spiro atoms. The normalized spacial score (nSPS) is 11.8. The Balaban J connectivity index is 1.10. The van der Waals surface area contributed by atoms with Crippen LogP contribution >= 0.6 is 0 Å². The molecule has 4 aromatic heterocycles. The first-order valence-corrected chi connectivity index (χ1v) is 21.2. The Morgan fingerprint density at radius 1 is 0.333 bits per heavy atom. The lowest BCUT2D eigenvalue weighted by Gasteiger charge is -2.14. The largest absolute Gasteiger partial charge is 0.456 e. The first-order chi connectivity index (χ1) is 31.2. The highest BCUT2D eigenvalue weighted by molar-refractivity contribution is 6.23. The fourth-order valence-electron chi connectivity index (χ4n) is 9.54. The van der Waals surface area contributed by atoms with Gasteiger partial charge in [-0.2, -0.15) is 9.97 Å².